The van der Waals surface area contributed by atoms with E-state index in [0.717, 1.165) is 40.6 Å². The van der Waals surface area contributed by atoms with E-state index in [1.165, 1.54) is 4.90 Å². The predicted octanol–water partition coefficient (Wildman–Crippen LogP) is 3.20. The number of aryl methyl sites for hydroxylation is 1. The Bertz CT molecular complexity index is 1060. The Balaban J connectivity index is 1.43. The lowest BCUT2D eigenvalue weighted by molar-refractivity contribution is -0.121. The fraction of sp³-hybridized carbons (Fsp3) is 0.304. The molecule has 1 atom stereocenters. The molecule has 6 heteroatoms. The second kappa shape index (κ2) is 8.09. The Kier molecular flexibility index (Phi) is 5.36. The van der Waals surface area contributed by atoms with Crippen LogP contribution in [-0.2, 0) is 22.4 Å². The minimum Gasteiger partial charge on any atom is -0.497 e. The van der Waals surface area contributed by atoms with Crippen molar-refractivity contribution in [2.24, 2.45) is 0 Å². The van der Waals surface area contributed by atoms with Crippen molar-refractivity contribution in [2.45, 2.75) is 32.2 Å². The van der Waals surface area contributed by atoms with E-state index in [9.17, 15) is 9.59 Å². The molecule has 2 heterocycles. The second-order valence-corrected chi connectivity index (χ2v) is 7.24. The number of rotatable bonds is 7. The highest BCUT2D eigenvalue weighted by atomic mass is 16.5. The van der Waals surface area contributed by atoms with Gasteiger partial charge < -0.3 is 15.0 Å². The molecular weight excluding hydrogens is 366 g/mol. The number of benzene rings is 2. The number of hydrogen-bond acceptors (Lipinski definition) is 4. The molecule has 1 aromatic heterocycles. The molecule has 1 unspecified atom stereocenters. The van der Waals surface area contributed by atoms with Crippen molar-refractivity contribution >= 4 is 28.4 Å². The van der Waals surface area contributed by atoms with Gasteiger partial charge in [0.2, 0.25) is 5.91 Å². The van der Waals surface area contributed by atoms with E-state index < -0.39 is 6.04 Å². The lowest BCUT2D eigenvalue weighted by Gasteiger charge is -2.18. The van der Waals surface area contributed by atoms with Gasteiger partial charge in [0.1, 0.15) is 5.75 Å². The van der Waals surface area contributed by atoms with Crippen LogP contribution in [0.1, 0.15) is 24.5 Å². The fourth-order valence-electron chi connectivity index (χ4n) is 3.94. The summed E-state index contributed by atoms with van der Waals surface area (Å²) in [6.45, 7) is 2.63. The number of ether oxygens (including phenoxy) is 1. The van der Waals surface area contributed by atoms with Crippen LogP contribution in [0, 0.1) is 0 Å². The largest absolute Gasteiger partial charge is 0.497 e. The maximum absolute atomic E-state index is 12.9. The van der Waals surface area contributed by atoms with Crippen LogP contribution in [0.25, 0.3) is 10.9 Å². The van der Waals surface area contributed by atoms with E-state index in [1.54, 1.807) is 7.11 Å². The predicted molar refractivity (Wildman–Crippen MR) is 113 cm³/mol. The molecule has 0 radical (unpaired) electrons. The van der Waals surface area contributed by atoms with Gasteiger partial charge in [0.25, 0.3) is 5.91 Å². The van der Waals surface area contributed by atoms with Crippen LogP contribution in [0.5, 0.6) is 5.75 Å². The summed E-state index contributed by atoms with van der Waals surface area (Å²) >= 11 is 0. The Hall–Kier alpha value is -3.12. The zero-order valence-electron chi connectivity index (χ0n) is 16.7. The van der Waals surface area contributed by atoms with Crippen LogP contribution < -0.4 is 15.0 Å². The van der Waals surface area contributed by atoms with Gasteiger partial charge in [-0.2, -0.15) is 0 Å². The SMILES string of the molecule is CCc1ccccc1N1C(=O)CC(NCCc2c[nH]c3ccc(OC)cc23)C1=O. The highest BCUT2D eigenvalue weighted by Gasteiger charge is 2.39. The molecule has 1 aliphatic heterocycles. The smallest absolute Gasteiger partial charge is 0.251 e. The van der Waals surface area contributed by atoms with Gasteiger partial charge >= 0.3 is 0 Å². The van der Waals surface area contributed by atoms with Crippen LogP contribution >= 0.6 is 0 Å². The average molecular weight is 391 g/mol. The summed E-state index contributed by atoms with van der Waals surface area (Å²) in [6.07, 6.45) is 3.70. The molecule has 0 saturated carbocycles. The first-order valence-electron chi connectivity index (χ1n) is 9.94. The number of imide groups is 1. The van der Waals surface area contributed by atoms with Gasteiger partial charge in [-0.1, -0.05) is 25.1 Å². The van der Waals surface area contributed by atoms with Crippen LogP contribution in [-0.4, -0.2) is 36.5 Å². The number of H-pyrrole nitrogens is 1. The van der Waals surface area contributed by atoms with E-state index in [0.29, 0.717) is 12.2 Å². The van der Waals surface area contributed by atoms with Crippen LogP contribution in [0.2, 0.25) is 0 Å². The molecule has 2 amide bonds. The van der Waals surface area contributed by atoms with Crippen LogP contribution in [0.3, 0.4) is 0 Å². The third-order valence-electron chi connectivity index (χ3n) is 5.52. The third-order valence-corrected chi connectivity index (χ3v) is 5.52. The number of aromatic amines is 1. The van der Waals surface area contributed by atoms with Crippen molar-refractivity contribution in [3.8, 4) is 5.75 Å². The van der Waals surface area contributed by atoms with Gasteiger partial charge in [-0.25, -0.2) is 4.90 Å². The minimum absolute atomic E-state index is 0.148. The van der Waals surface area contributed by atoms with Crippen LogP contribution in [0.4, 0.5) is 5.69 Å². The van der Waals surface area contributed by atoms with E-state index >= 15 is 0 Å². The molecule has 1 saturated heterocycles. The number of hydrogen-bond donors (Lipinski definition) is 2. The summed E-state index contributed by atoms with van der Waals surface area (Å²) in [5.41, 5.74) is 3.91. The monoisotopic (exact) mass is 391 g/mol. The van der Waals surface area contributed by atoms with Gasteiger partial charge in [-0.05, 0) is 48.2 Å². The van der Waals surface area contributed by atoms with Crippen LogP contribution in [0.15, 0.2) is 48.7 Å². The number of nitrogens with one attached hydrogen (secondary N) is 2. The molecule has 1 aliphatic rings. The normalized spacial score (nSPS) is 16.8. The minimum atomic E-state index is -0.479. The van der Waals surface area contributed by atoms with Crippen molar-refractivity contribution < 1.29 is 14.3 Å². The van der Waals surface area contributed by atoms with Crippen molar-refractivity contribution in [2.75, 3.05) is 18.6 Å². The molecule has 3 aromatic rings. The average Bonchev–Trinajstić information content (AvgIpc) is 3.27. The third kappa shape index (κ3) is 3.63. The molecule has 0 bridgehead atoms. The molecule has 6 nitrogen and oxygen atoms in total. The van der Waals surface area contributed by atoms with Crippen molar-refractivity contribution in [3.05, 3.63) is 59.8 Å². The van der Waals surface area contributed by atoms with E-state index in [4.69, 9.17) is 4.74 Å². The number of nitrogens with zero attached hydrogens (tertiary/aromatic N) is 1. The van der Waals surface area contributed by atoms with Gasteiger partial charge in [0, 0.05) is 23.6 Å². The Labute approximate surface area is 169 Å². The summed E-state index contributed by atoms with van der Waals surface area (Å²) in [4.78, 5) is 30.0. The summed E-state index contributed by atoms with van der Waals surface area (Å²) in [5.74, 6) is 0.495. The van der Waals surface area contributed by atoms with Crippen molar-refractivity contribution in [1.82, 2.24) is 10.3 Å². The number of amides is 2. The Morgan fingerprint density at radius 3 is 2.79 bits per heavy atom. The number of fused-ring (bicyclic) bond motifs is 1. The van der Waals surface area contributed by atoms with Crippen molar-refractivity contribution in [3.63, 3.8) is 0 Å². The first-order valence-corrected chi connectivity index (χ1v) is 9.94. The number of carbonyl (C=O) groups excluding carboxylic acids is 2. The molecular formula is C23H25N3O3. The molecule has 29 heavy (non-hydrogen) atoms. The summed E-state index contributed by atoms with van der Waals surface area (Å²) in [7, 11) is 1.65. The van der Waals surface area contributed by atoms with E-state index in [2.05, 4.69) is 10.3 Å². The molecule has 2 N–H and O–H groups in total. The Morgan fingerprint density at radius 2 is 2.00 bits per heavy atom. The quantitative estimate of drug-likeness (QED) is 0.607. The van der Waals surface area contributed by atoms with Gasteiger partial charge in [-0.3, -0.25) is 9.59 Å². The topological polar surface area (TPSA) is 74.4 Å². The zero-order valence-corrected chi connectivity index (χ0v) is 16.7. The fourth-order valence-corrected chi connectivity index (χ4v) is 3.94. The van der Waals surface area contributed by atoms with Gasteiger partial charge in [-0.15, -0.1) is 0 Å². The number of methoxy groups -OCH3 is 1. The number of anilines is 1. The summed E-state index contributed by atoms with van der Waals surface area (Å²) in [6, 6.07) is 13.0. The maximum Gasteiger partial charge on any atom is 0.251 e. The highest BCUT2D eigenvalue weighted by molar-refractivity contribution is 6.22. The van der Waals surface area contributed by atoms with E-state index in [1.807, 2.05) is 55.6 Å². The molecule has 0 spiro atoms. The molecule has 4 rings (SSSR count). The summed E-state index contributed by atoms with van der Waals surface area (Å²) < 4.78 is 5.31. The maximum atomic E-state index is 12.9. The lowest BCUT2D eigenvalue weighted by atomic mass is 10.1. The van der Waals surface area contributed by atoms with Crippen molar-refractivity contribution in [1.29, 1.82) is 0 Å². The standard InChI is InChI=1S/C23H25N3O3/c1-3-15-6-4-5-7-21(15)26-22(27)13-20(23(26)28)24-11-10-16-14-25-19-9-8-17(29-2)12-18(16)19/h4-9,12,14,20,24-25H,3,10-11,13H2,1-2H3. The summed E-state index contributed by atoms with van der Waals surface area (Å²) in [5, 5.41) is 4.38. The molecule has 1 fully saturated rings. The number of para-hydroxylation sites is 1. The van der Waals surface area contributed by atoms with Gasteiger partial charge in [0.15, 0.2) is 0 Å². The number of aromatic nitrogens is 1. The molecule has 0 aliphatic carbocycles. The molecule has 150 valence electrons. The van der Waals surface area contributed by atoms with Gasteiger partial charge in [0.05, 0.1) is 25.3 Å². The molecule has 2 aromatic carbocycles. The van der Waals surface area contributed by atoms with E-state index in [-0.39, 0.29) is 18.2 Å². The lowest BCUT2D eigenvalue weighted by Crippen LogP contribution is -2.39. The number of carbonyl (C=O) groups is 2. The highest BCUT2D eigenvalue weighted by Crippen LogP contribution is 2.27. The first kappa shape index (κ1) is 19.2. The zero-order chi connectivity index (χ0) is 20.4. The second-order valence-electron chi connectivity index (χ2n) is 7.24. The Morgan fingerprint density at radius 1 is 1.17 bits per heavy atom. The first-order chi connectivity index (χ1) is 14.1.